The maximum absolute atomic E-state index is 11.5. The summed E-state index contributed by atoms with van der Waals surface area (Å²) in [7, 11) is 0. The lowest BCUT2D eigenvalue weighted by molar-refractivity contribution is -0.141. The lowest BCUT2D eigenvalue weighted by atomic mass is 10.1. The Labute approximate surface area is 99.1 Å². The van der Waals surface area contributed by atoms with Gasteiger partial charge in [-0.1, -0.05) is 0 Å². The van der Waals surface area contributed by atoms with E-state index in [-0.39, 0.29) is 16.7 Å². The molecule has 0 bridgehead atoms. The standard InChI is InChI=1S/C9H10N4O5/c14-3(1-4(15)16)7(17)6-5-8(13-12-6)10-2-11-9(5)18/h2-3,7,14,17H,1H2,(H,15,16)(H2,10,11,12,13,18). The van der Waals surface area contributed by atoms with Crippen LogP contribution in [-0.4, -0.2) is 47.6 Å². The number of hydrogen-bond acceptors (Lipinski definition) is 6. The van der Waals surface area contributed by atoms with Crippen molar-refractivity contribution in [2.24, 2.45) is 0 Å². The summed E-state index contributed by atoms with van der Waals surface area (Å²) in [6, 6.07) is 0. The smallest absolute Gasteiger partial charge is 0.306 e. The summed E-state index contributed by atoms with van der Waals surface area (Å²) in [5.74, 6) is -1.27. The van der Waals surface area contributed by atoms with Crippen molar-refractivity contribution in [1.82, 2.24) is 20.2 Å². The number of H-pyrrole nitrogens is 2. The van der Waals surface area contributed by atoms with E-state index in [1.54, 1.807) is 0 Å². The zero-order chi connectivity index (χ0) is 13.3. The first-order chi connectivity index (χ1) is 8.50. The summed E-state index contributed by atoms with van der Waals surface area (Å²) in [6.45, 7) is 0. The number of aliphatic hydroxyl groups is 2. The average molecular weight is 254 g/mol. The predicted octanol–water partition coefficient (Wildman–Crippen LogP) is -1.48. The highest BCUT2D eigenvalue weighted by Crippen LogP contribution is 2.21. The van der Waals surface area contributed by atoms with Gasteiger partial charge in [0.15, 0.2) is 5.65 Å². The molecule has 96 valence electrons. The van der Waals surface area contributed by atoms with E-state index < -0.39 is 30.2 Å². The van der Waals surface area contributed by atoms with Crippen molar-refractivity contribution in [3.05, 3.63) is 22.4 Å². The lowest BCUT2D eigenvalue weighted by Gasteiger charge is -2.14. The van der Waals surface area contributed by atoms with Gasteiger partial charge in [-0.3, -0.25) is 14.7 Å². The van der Waals surface area contributed by atoms with E-state index in [2.05, 4.69) is 20.2 Å². The number of nitrogens with one attached hydrogen (secondary N) is 2. The number of carboxylic acids is 1. The molecule has 0 saturated heterocycles. The second kappa shape index (κ2) is 4.55. The van der Waals surface area contributed by atoms with Gasteiger partial charge in [0.2, 0.25) is 0 Å². The zero-order valence-electron chi connectivity index (χ0n) is 8.99. The van der Waals surface area contributed by atoms with Crippen LogP contribution in [0.3, 0.4) is 0 Å². The van der Waals surface area contributed by atoms with E-state index in [4.69, 9.17) is 5.11 Å². The molecule has 9 nitrogen and oxygen atoms in total. The number of nitrogens with zero attached hydrogens (tertiary/aromatic N) is 2. The van der Waals surface area contributed by atoms with Crippen LogP contribution in [-0.2, 0) is 4.79 Å². The fourth-order valence-electron chi connectivity index (χ4n) is 1.58. The summed E-state index contributed by atoms with van der Waals surface area (Å²) < 4.78 is 0. The molecule has 2 aromatic heterocycles. The van der Waals surface area contributed by atoms with E-state index in [9.17, 15) is 19.8 Å². The lowest BCUT2D eigenvalue weighted by Crippen LogP contribution is -2.23. The third-order valence-corrected chi connectivity index (χ3v) is 2.43. The first-order valence-corrected chi connectivity index (χ1v) is 5.00. The van der Waals surface area contributed by atoms with Gasteiger partial charge in [-0.15, -0.1) is 0 Å². The Bertz CT molecular complexity index is 633. The molecule has 0 radical (unpaired) electrons. The first kappa shape index (κ1) is 12.2. The molecular weight excluding hydrogens is 244 g/mol. The molecule has 0 aromatic carbocycles. The van der Waals surface area contributed by atoms with Crippen LogP contribution in [0.5, 0.6) is 0 Å². The molecule has 18 heavy (non-hydrogen) atoms. The summed E-state index contributed by atoms with van der Waals surface area (Å²) in [5, 5.41) is 33.9. The van der Waals surface area contributed by atoms with Gasteiger partial charge in [0.05, 0.1) is 24.5 Å². The average Bonchev–Trinajstić information content (AvgIpc) is 2.72. The van der Waals surface area contributed by atoms with Crippen molar-refractivity contribution in [2.75, 3.05) is 0 Å². The van der Waals surface area contributed by atoms with Crippen molar-refractivity contribution >= 4 is 17.0 Å². The van der Waals surface area contributed by atoms with E-state index in [0.717, 1.165) is 6.33 Å². The number of carboxylic acid groups (broad SMARTS) is 1. The normalized spacial score (nSPS) is 14.6. The van der Waals surface area contributed by atoms with Crippen molar-refractivity contribution in [3.8, 4) is 0 Å². The molecule has 0 aliphatic rings. The molecule has 2 heterocycles. The fourth-order valence-corrected chi connectivity index (χ4v) is 1.58. The minimum absolute atomic E-state index is 0.00515. The van der Waals surface area contributed by atoms with Crippen LogP contribution in [0.4, 0.5) is 0 Å². The van der Waals surface area contributed by atoms with Crippen LogP contribution >= 0.6 is 0 Å². The Morgan fingerprint density at radius 3 is 2.83 bits per heavy atom. The van der Waals surface area contributed by atoms with E-state index in [1.165, 1.54) is 0 Å². The van der Waals surface area contributed by atoms with Crippen LogP contribution in [0.1, 0.15) is 18.2 Å². The number of aliphatic hydroxyl groups excluding tert-OH is 2. The highest BCUT2D eigenvalue weighted by Gasteiger charge is 2.26. The number of carbonyl (C=O) groups is 1. The summed E-state index contributed by atoms with van der Waals surface area (Å²) in [6.07, 6.45) is -2.61. The van der Waals surface area contributed by atoms with Crippen molar-refractivity contribution < 1.29 is 20.1 Å². The number of fused-ring (bicyclic) bond motifs is 1. The second-order valence-corrected chi connectivity index (χ2v) is 3.68. The Balaban J connectivity index is 2.42. The van der Waals surface area contributed by atoms with E-state index in [0.29, 0.717) is 0 Å². The van der Waals surface area contributed by atoms with Crippen LogP contribution in [0.15, 0.2) is 11.1 Å². The molecule has 2 rings (SSSR count). The van der Waals surface area contributed by atoms with Crippen molar-refractivity contribution in [3.63, 3.8) is 0 Å². The quantitative estimate of drug-likeness (QED) is 0.445. The van der Waals surface area contributed by atoms with Gasteiger partial charge in [0.25, 0.3) is 5.56 Å². The van der Waals surface area contributed by atoms with Crippen molar-refractivity contribution in [1.29, 1.82) is 0 Å². The van der Waals surface area contributed by atoms with Crippen LogP contribution in [0.2, 0.25) is 0 Å². The number of aromatic nitrogens is 4. The maximum Gasteiger partial charge on any atom is 0.306 e. The first-order valence-electron chi connectivity index (χ1n) is 5.00. The maximum atomic E-state index is 11.5. The number of aliphatic carboxylic acids is 1. The molecule has 0 saturated carbocycles. The predicted molar refractivity (Wildman–Crippen MR) is 57.7 cm³/mol. The molecule has 2 atom stereocenters. The molecule has 5 N–H and O–H groups in total. The molecule has 2 unspecified atom stereocenters. The van der Waals surface area contributed by atoms with Gasteiger partial charge in [0, 0.05) is 0 Å². The van der Waals surface area contributed by atoms with Gasteiger partial charge in [-0.05, 0) is 0 Å². The van der Waals surface area contributed by atoms with Crippen LogP contribution in [0, 0.1) is 0 Å². The van der Waals surface area contributed by atoms with Crippen LogP contribution < -0.4 is 5.56 Å². The van der Waals surface area contributed by atoms with Gasteiger partial charge in [-0.2, -0.15) is 5.10 Å². The molecule has 2 aromatic rings. The topological polar surface area (TPSA) is 152 Å². The SMILES string of the molecule is O=C(O)CC(O)C(O)c1[nH]nc2nc[nH]c(=O)c12. The van der Waals surface area contributed by atoms with Crippen molar-refractivity contribution in [2.45, 2.75) is 18.6 Å². The fraction of sp³-hybridized carbons (Fsp3) is 0.333. The number of hydrogen-bond donors (Lipinski definition) is 5. The number of rotatable bonds is 4. The Morgan fingerprint density at radius 2 is 2.17 bits per heavy atom. The molecule has 0 aliphatic heterocycles. The zero-order valence-corrected chi connectivity index (χ0v) is 8.99. The highest BCUT2D eigenvalue weighted by molar-refractivity contribution is 5.76. The summed E-state index contributed by atoms with van der Waals surface area (Å²) >= 11 is 0. The third kappa shape index (κ3) is 2.08. The third-order valence-electron chi connectivity index (χ3n) is 2.43. The van der Waals surface area contributed by atoms with Gasteiger partial charge in [-0.25, -0.2) is 4.98 Å². The van der Waals surface area contributed by atoms with Gasteiger partial charge in [0.1, 0.15) is 11.5 Å². The molecule has 0 amide bonds. The van der Waals surface area contributed by atoms with Crippen LogP contribution in [0.25, 0.3) is 11.0 Å². The Hall–Kier alpha value is -2.26. The molecular formula is C9H10N4O5. The second-order valence-electron chi connectivity index (χ2n) is 3.68. The minimum Gasteiger partial charge on any atom is -0.481 e. The molecule has 0 spiro atoms. The van der Waals surface area contributed by atoms with E-state index >= 15 is 0 Å². The van der Waals surface area contributed by atoms with Gasteiger partial charge < -0.3 is 20.3 Å². The number of aromatic amines is 2. The highest BCUT2D eigenvalue weighted by atomic mass is 16.4. The molecule has 0 aliphatic carbocycles. The minimum atomic E-state index is -1.56. The largest absolute Gasteiger partial charge is 0.481 e. The van der Waals surface area contributed by atoms with E-state index in [1.807, 2.05) is 0 Å². The monoisotopic (exact) mass is 254 g/mol. The van der Waals surface area contributed by atoms with Gasteiger partial charge >= 0.3 is 5.97 Å². The molecule has 9 heteroatoms. The summed E-state index contributed by atoms with van der Waals surface area (Å²) in [4.78, 5) is 28.0. The Morgan fingerprint density at radius 1 is 1.44 bits per heavy atom. The molecule has 0 fully saturated rings. The Kier molecular flexibility index (Phi) is 3.08. The summed E-state index contributed by atoms with van der Waals surface area (Å²) in [5.41, 5.74) is -0.520.